The van der Waals surface area contributed by atoms with Gasteiger partial charge in [0.1, 0.15) is 0 Å². The van der Waals surface area contributed by atoms with Crippen molar-refractivity contribution in [3.05, 3.63) is 0 Å². The van der Waals surface area contributed by atoms with Crippen molar-refractivity contribution in [3.63, 3.8) is 0 Å². The third-order valence-corrected chi connectivity index (χ3v) is 0. The van der Waals surface area contributed by atoms with Gasteiger partial charge in [0.25, 0.3) is 0 Å². The normalized spacial score (nSPS) is 0. The van der Waals surface area contributed by atoms with E-state index in [-0.39, 0.29) is 200 Å². The summed E-state index contributed by atoms with van der Waals surface area (Å²) >= 11 is 0. The fourth-order valence-electron chi connectivity index (χ4n) is 0. The van der Waals surface area contributed by atoms with Gasteiger partial charge in [0.2, 0.25) is 0 Å². The Kier molecular flexibility index (Phi) is 1020. The van der Waals surface area contributed by atoms with Crippen LogP contribution >= 0.6 is 0 Å². The fraction of sp³-hybridized carbons (Fsp3) is 0. The van der Waals surface area contributed by atoms with E-state index >= 15 is 0 Å². The zero-order valence-corrected chi connectivity index (χ0v) is 19.7. The summed E-state index contributed by atoms with van der Waals surface area (Å²) in [5.41, 5.74) is 0. The van der Waals surface area contributed by atoms with Crippen LogP contribution in [0.2, 0.25) is 0 Å². The second-order valence-electron chi connectivity index (χ2n) is 0. The number of rotatable bonds is 0. The molecular weight excluding hydrogens is 597 g/mol. The molecule has 0 aromatic rings. The van der Waals surface area contributed by atoms with Gasteiger partial charge in [-0.2, -0.15) is 0 Å². The van der Waals surface area contributed by atoms with E-state index < -0.39 is 0 Å². The zero-order valence-electron chi connectivity index (χ0n) is 5.07. The monoisotopic (exact) mass is 598 g/mol. The Morgan fingerprint density at radius 2 is 0.300 bits per heavy atom. The minimum atomic E-state index is 0. The largest absolute Gasteiger partial charge is 2.00 e. The summed E-state index contributed by atoms with van der Waals surface area (Å²) in [6, 6.07) is 0. The van der Waals surface area contributed by atoms with Gasteiger partial charge in [-0.1, -0.05) is 0 Å². The van der Waals surface area contributed by atoms with Gasteiger partial charge in [-0.15, -0.1) is 0 Å². The molecule has 0 fully saturated rings. The van der Waals surface area contributed by atoms with Crippen molar-refractivity contribution < 1.29 is 64.0 Å². The van der Waals surface area contributed by atoms with Gasteiger partial charge in [0.15, 0.2) is 0 Å². The van der Waals surface area contributed by atoms with Crippen LogP contribution in [0.1, 0.15) is 0 Å². The summed E-state index contributed by atoms with van der Waals surface area (Å²) in [6.07, 6.45) is 0. The maximum Gasteiger partial charge on any atom is 2.00 e. The zero-order chi connectivity index (χ0) is 0. The van der Waals surface area contributed by atoms with Crippen molar-refractivity contribution in [1.29, 1.82) is 0 Å². The fourth-order valence-corrected chi connectivity index (χ4v) is 0. The molecule has 10 heteroatoms. The van der Waals surface area contributed by atoms with E-state index in [0.29, 0.717) is 0 Å². The van der Waals surface area contributed by atoms with Gasteiger partial charge in [-0.05, 0) is 0 Å². The first-order valence-electron chi connectivity index (χ1n) is 0. The summed E-state index contributed by atoms with van der Waals surface area (Å²) in [7, 11) is 0. The van der Waals surface area contributed by atoms with Crippen LogP contribution in [0.25, 0.3) is 0 Å². The smallest absolute Gasteiger partial charge is 2.00 e. The Labute approximate surface area is 194 Å². The maximum atomic E-state index is 0. The number of hydrogen-bond acceptors (Lipinski definition) is 0. The Morgan fingerprint density at radius 3 is 0.300 bits per heavy atom. The molecule has 0 saturated carbocycles. The van der Waals surface area contributed by atoms with Gasteiger partial charge < -0.3 is 32.9 Å². The first-order chi connectivity index (χ1) is 0. The third kappa shape index (κ3) is 72.1. The molecule has 0 amide bonds. The molecule has 0 aromatic heterocycles. The standard InChI is InChI=1S/6O.3Sr.U/q6*-2;3*+2;. The SMILES string of the molecule is [O-2].[O-2].[O-2].[O-2].[O-2].[O-2].[Sr+2].[Sr+2].[Sr+2].[U]. The minimum absolute atomic E-state index is 0. The summed E-state index contributed by atoms with van der Waals surface area (Å²) in [5.74, 6) is 0. The van der Waals surface area contributed by atoms with Crippen molar-refractivity contribution in [1.82, 2.24) is 0 Å². The van der Waals surface area contributed by atoms with Gasteiger partial charge in [-0.3, -0.25) is 0 Å². The summed E-state index contributed by atoms with van der Waals surface area (Å²) in [4.78, 5) is 0. The molecule has 6 nitrogen and oxygen atoms in total. The molecule has 0 aliphatic carbocycles. The summed E-state index contributed by atoms with van der Waals surface area (Å²) < 4.78 is 0. The maximum absolute atomic E-state index is 0. The van der Waals surface area contributed by atoms with E-state index in [4.69, 9.17) is 0 Å². The van der Waals surface area contributed by atoms with Crippen molar-refractivity contribution in [2.75, 3.05) is 0 Å². The molecule has 0 aromatic carbocycles. The molecule has 10 heavy (non-hydrogen) atoms. The average Bonchev–Trinajstić information content (AvgIpc) is 0. The van der Waals surface area contributed by atoms with Gasteiger partial charge in [0.05, 0.1) is 0 Å². The van der Waals surface area contributed by atoms with Crippen LogP contribution in [-0.4, -0.2) is 136 Å². The van der Waals surface area contributed by atoms with E-state index in [1.54, 1.807) is 0 Å². The second-order valence-corrected chi connectivity index (χ2v) is 0. The molecule has 0 bridgehead atoms. The Morgan fingerprint density at radius 1 is 0.300 bits per heavy atom. The van der Waals surface area contributed by atoms with Crippen molar-refractivity contribution >= 4 is 136 Å². The van der Waals surface area contributed by atoms with E-state index in [0.717, 1.165) is 0 Å². The van der Waals surface area contributed by atoms with Crippen molar-refractivity contribution in [2.24, 2.45) is 0 Å². The molecule has 0 atom stereocenters. The predicted octanol–water partition coefficient (Wildman–Crippen LogP) is -1.86. The summed E-state index contributed by atoms with van der Waals surface area (Å²) in [6.45, 7) is 0. The van der Waals surface area contributed by atoms with Crippen LogP contribution in [0, 0.1) is 31.1 Å². The van der Waals surface area contributed by atoms with Crippen molar-refractivity contribution in [3.8, 4) is 0 Å². The predicted molar refractivity (Wildman–Crippen MR) is 21.4 cm³/mol. The molecule has 0 N–H and O–H groups in total. The minimum Gasteiger partial charge on any atom is -2.00 e. The van der Waals surface area contributed by atoms with Crippen LogP contribution in [-0.2, 0) is 32.9 Å². The van der Waals surface area contributed by atoms with Gasteiger partial charge in [0, 0.05) is 31.1 Å². The van der Waals surface area contributed by atoms with Crippen LogP contribution in [0.15, 0.2) is 0 Å². The molecule has 0 saturated heterocycles. The van der Waals surface area contributed by atoms with Crippen molar-refractivity contribution in [2.45, 2.75) is 0 Å². The third-order valence-electron chi connectivity index (χ3n) is 0. The van der Waals surface area contributed by atoms with E-state index in [9.17, 15) is 0 Å². The molecule has 52 valence electrons. The molecule has 0 aliphatic heterocycles. The van der Waals surface area contributed by atoms with E-state index in [2.05, 4.69) is 0 Å². The van der Waals surface area contributed by atoms with Gasteiger partial charge >= 0.3 is 136 Å². The van der Waals surface area contributed by atoms with Crippen LogP contribution in [0.4, 0.5) is 0 Å². The first-order valence-corrected chi connectivity index (χ1v) is 0. The van der Waals surface area contributed by atoms with Crippen LogP contribution < -0.4 is 0 Å². The number of hydrogen-bond donors (Lipinski definition) is 0. The van der Waals surface area contributed by atoms with Crippen LogP contribution in [0.5, 0.6) is 0 Å². The van der Waals surface area contributed by atoms with E-state index in [1.165, 1.54) is 0 Å². The molecule has 0 radical (unpaired) electrons. The molecule has 0 spiro atoms. The molecule has 0 unspecified atom stereocenters. The molecular formula is O6Sr3U-6. The second kappa shape index (κ2) is 90.7. The topological polar surface area (TPSA) is 171 Å². The molecule has 0 rings (SSSR count). The first kappa shape index (κ1) is 112. The van der Waals surface area contributed by atoms with Crippen LogP contribution in [0.3, 0.4) is 0 Å². The Bertz CT molecular complexity index is 13.0. The quantitative estimate of drug-likeness (QED) is 0.286. The Balaban J connectivity index is 0. The summed E-state index contributed by atoms with van der Waals surface area (Å²) in [5, 5.41) is 0. The Hall–Kier alpha value is 5.25. The molecule has 0 aliphatic rings. The molecule has 0 heterocycles. The van der Waals surface area contributed by atoms with Gasteiger partial charge in [-0.25, -0.2) is 0 Å². The van der Waals surface area contributed by atoms with E-state index in [1.807, 2.05) is 0 Å². The average molecular weight is 597 g/mol.